The average Bonchev–Trinajstić information content (AvgIpc) is 3.07. The summed E-state index contributed by atoms with van der Waals surface area (Å²) in [4.78, 5) is 19.2. The highest BCUT2D eigenvalue weighted by Gasteiger charge is 2.21. The van der Waals surface area contributed by atoms with Crippen molar-refractivity contribution in [2.24, 2.45) is 7.05 Å². The summed E-state index contributed by atoms with van der Waals surface area (Å²) < 4.78 is 14.8. The van der Waals surface area contributed by atoms with E-state index in [1.54, 1.807) is 36.3 Å². The molecule has 1 N–H and O–H groups in total. The standard InChI is InChI=1S/C24H28FN5O/c1-5-6-14-30(16-19-9-11-21(25)12-10-19)18(3)27-24(31)23-17(2)22(28-29(23)4)20-8-7-13-26-15-20/h7-13,15H,3,5-6,14,16H2,1-2,4H3,(H,27,31). The van der Waals surface area contributed by atoms with Gasteiger partial charge in [0.15, 0.2) is 0 Å². The van der Waals surface area contributed by atoms with Crippen LogP contribution in [-0.4, -0.2) is 32.1 Å². The topological polar surface area (TPSA) is 63.1 Å². The minimum atomic E-state index is -0.271. The van der Waals surface area contributed by atoms with Crippen molar-refractivity contribution in [3.05, 3.63) is 83.8 Å². The van der Waals surface area contributed by atoms with Gasteiger partial charge in [0.2, 0.25) is 0 Å². The number of rotatable bonds is 9. The van der Waals surface area contributed by atoms with Crippen LogP contribution in [0.25, 0.3) is 11.3 Å². The van der Waals surface area contributed by atoms with Crippen LogP contribution in [0, 0.1) is 12.7 Å². The number of carbonyl (C=O) groups excluding carboxylic acids is 1. The van der Waals surface area contributed by atoms with Gasteiger partial charge in [0, 0.05) is 43.7 Å². The minimum absolute atomic E-state index is 0.270. The van der Waals surface area contributed by atoms with Crippen LogP contribution in [0.3, 0.4) is 0 Å². The van der Waals surface area contributed by atoms with Crippen LogP contribution < -0.4 is 5.32 Å². The van der Waals surface area contributed by atoms with Crippen LogP contribution >= 0.6 is 0 Å². The number of halogens is 1. The molecule has 0 aliphatic rings. The Hall–Kier alpha value is -3.48. The number of unbranched alkanes of at least 4 members (excludes halogenated alkanes) is 1. The predicted octanol–water partition coefficient (Wildman–Crippen LogP) is 4.43. The maximum atomic E-state index is 13.2. The van der Waals surface area contributed by atoms with E-state index in [9.17, 15) is 9.18 Å². The fraction of sp³-hybridized carbons (Fsp3) is 0.292. The first kappa shape index (κ1) is 22.2. The van der Waals surface area contributed by atoms with Crippen molar-refractivity contribution < 1.29 is 9.18 Å². The van der Waals surface area contributed by atoms with E-state index in [0.29, 0.717) is 18.1 Å². The van der Waals surface area contributed by atoms with Gasteiger partial charge < -0.3 is 10.2 Å². The van der Waals surface area contributed by atoms with Gasteiger partial charge in [0.05, 0.1) is 5.69 Å². The number of amides is 1. The van der Waals surface area contributed by atoms with Crippen molar-refractivity contribution in [2.45, 2.75) is 33.2 Å². The van der Waals surface area contributed by atoms with E-state index in [1.165, 1.54) is 12.1 Å². The Balaban J connectivity index is 1.78. The number of pyridine rings is 1. The van der Waals surface area contributed by atoms with E-state index in [4.69, 9.17) is 0 Å². The van der Waals surface area contributed by atoms with Gasteiger partial charge in [-0.1, -0.05) is 32.1 Å². The molecule has 0 bridgehead atoms. The molecule has 6 nitrogen and oxygen atoms in total. The lowest BCUT2D eigenvalue weighted by atomic mass is 10.1. The summed E-state index contributed by atoms with van der Waals surface area (Å²) in [5.41, 5.74) is 3.77. The quantitative estimate of drug-likeness (QED) is 0.555. The summed E-state index contributed by atoms with van der Waals surface area (Å²) >= 11 is 0. The zero-order valence-corrected chi connectivity index (χ0v) is 18.2. The molecule has 0 aliphatic carbocycles. The van der Waals surface area contributed by atoms with Gasteiger partial charge >= 0.3 is 0 Å². The van der Waals surface area contributed by atoms with Gasteiger partial charge in [-0.3, -0.25) is 14.5 Å². The molecule has 0 spiro atoms. The number of aromatic nitrogens is 3. The molecule has 3 aromatic rings. The van der Waals surface area contributed by atoms with Crippen molar-refractivity contribution >= 4 is 5.91 Å². The third-order valence-electron chi connectivity index (χ3n) is 5.14. The normalized spacial score (nSPS) is 10.7. The molecular formula is C24H28FN5O. The van der Waals surface area contributed by atoms with Gasteiger partial charge in [-0.25, -0.2) is 4.39 Å². The molecule has 0 unspecified atom stereocenters. The number of hydrogen-bond acceptors (Lipinski definition) is 4. The highest BCUT2D eigenvalue weighted by molar-refractivity contribution is 5.96. The van der Waals surface area contributed by atoms with Crippen molar-refractivity contribution in [1.82, 2.24) is 25.0 Å². The van der Waals surface area contributed by atoms with Crippen molar-refractivity contribution in [3.8, 4) is 11.3 Å². The van der Waals surface area contributed by atoms with Gasteiger partial charge in [0.25, 0.3) is 5.91 Å². The molecule has 7 heteroatoms. The lowest BCUT2D eigenvalue weighted by Crippen LogP contribution is -2.36. The molecule has 162 valence electrons. The summed E-state index contributed by atoms with van der Waals surface area (Å²) in [5, 5.41) is 7.44. The second kappa shape index (κ2) is 10.0. The number of hydrogen-bond donors (Lipinski definition) is 1. The Bertz CT molecular complexity index is 1040. The SMILES string of the molecule is C=C(NC(=O)c1c(C)c(-c2cccnc2)nn1C)N(CCCC)Cc1ccc(F)cc1. The molecule has 1 aromatic carbocycles. The number of benzene rings is 1. The number of carbonyl (C=O) groups is 1. The molecule has 0 aliphatic heterocycles. The van der Waals surface area contributed by atoms with Crippen LogP contribution in [0.1, 0.15) is 41.4 Å². The predicted molar refractivity (Wildman–Crippen MR) is 120 cm³/mol. The van der Waals surface area contributed by atoms with E-state index in [-0.39, 0.29) is 11.7 Å². The molecule has 31 heavy (non-hydrogen) atoms. The first-order valence-corrected chi connectivity index (χ1v) is 10.3. The van der Waals surface area contributed by atoms with Gasteiger partial charge in [0.1, 0.15) is 17.3 Å². The molecule has 2 heterocycles. The van der Waals surface area contributed by atoms with Crippen LogP contribution in [0.2, 0.25) is 0 Å². The van der Waals surface area contributed by atoms with Crippen LogP contribution in [0.5, 0.6) is 0 Å². The minimum Gasteiger partial charge on any atom is -0.354 e. The average molecular weight is 422 g/mol. The van der Waals surface area contributed by atoms with E-state index < -0.39 is 0 Å². The molecule has 3 rings (SSSR count). The first-order valence-electron chi connectivity index (χ1n) is 10.3. The lowest BCUT2D eigenvalue weighted by molar-refractivity contribution is 0.0940. The number of nitrogens with one attached hydrogen (secondary N) is 1. The Morgan fingerprint density at radius 2 is 2.00 bits per heavy atom. The largest absolute Gasteiger partial charge is 0.354 e. The smallest absolute Gasteiger partial charge is 0.275 e. The van der Waals surface area contributed by atoms with Gasteiger partial charge in [-0.15, -0.1) is 0 Å². The van der Waals surface area contributed by atoms with Crippen LogP contribution in [-0.2, 0) is 13.6 Å². The zero-order valence-electron chi connectivity index (χ0n) is 18.2. The van der Waals surface area contributed by atoms with Crippen molar-refractivity contribution in [2.75, 3.05) is 6.54 Å². The maximum Gasteiger partial charge on any atom is 0.275 e. The zero-order chi connectivity index (χ0) is 22.4. The monoisotopic (exact) mass is 421 g/mol. The van der Waals surface area contributed by atoms with Crippen molar-refractivity contribution in [1.29, 1.82) is 0 Å². The molecule has 0 saturated heterocycles. The summed E-state index contributed by atoms with van der Waals surface area (Å²) in [6.07, 6.45) is 5.39. The molecule has 2 aromatic heterocycles. The Kier molecular flexibility index (Phi) is 7.18. The molecular weight excluding hydrogens is 393 g/mol. The summed E-state index contributed by atoms with van der Waals surface area (Å²) in [6, 6.07) is 10.1. The third-order valence-corrected chi connectivity index (χ3v) is 5.14. The Morgan fingerprint density at radius 1 is 1.26 bits per heavy atom. The second-order valence-corrected chi connectivity index (χ2v) is 7.49. The van der Waals surface area contributed by atoms with E-state index >= 15 is 0 Å². The maximum absolute atomic E-state index is 13.2. The number of nitrogens with zero attached hydrogens (tertiary/aromatic N) is 4. The Labute approximate surface area is 182 Å². The summed E-state index contributed by atoms with van der Waals surface area (Å²) in [5.74, 6) is -0.0355. The van der Waals surface area contributed by atoms with Crippen molar-refractivity contribution in [3.63, 3.8) is 0 Å². The van der Waals surface area contributed by atoms with Gasteiger partial charge in [-0.2, -0.15) is 5.10 Å². The van der Waals surface area contributed by atoms with Crippen LogP contribution in [0.4, 0.5) is 4.39 Å². The fourth-order valence-corrected chi connectivity index (χ4v) is 3.46. The highest BCUT2D eigenvalue weighted by atomic mass is 19.1. The van der Waals surface area contributed by atoms with E-state index in [2.05, 4.69) is 28.9 Å². The number of aryl methyl sites for hydroxylation is 1. The van der Waals surface area contributed by atoms with E-state index in [1.807, 2.05) is 24.0 Å². The van der Waals surface area contributed by atoms with E-state index in [0.717, 1.165) is 41.8 Å². The molecule has 1 amide bonds. The second-order valence-electron chi connectivity index (χ2n) is 7.49. The van der Waals surface area contributed by atoms with Gasteiger partial charge in [-0.05, 0) is 43.2 Å². The summed E-state index contributed by atoms with van der Waals surface area (Å²) in [7, 11) is 1.75. The first-order chi connectivity index (χ1) is 14.9. The molecule has 0 radical (unpaired) electrons. The third kappa shape index (κ3) is 5.36. The lowest BCUT2D eigenvalue weighted by Gasteiger charge is -2.27. The van der Waals surface area contributed by atoms with Crippen LogP contribution in [0.15, 0.2) is 61.2 Å². The molecule has 0 atom stereocenters. The molecule has 0 saturated carbocycles. The highest BCUT2D eigenvalue weighted by Crippen LogP contribution is 2.24. The Morgan fingerprint density at radius 3 is 2.65 bits per heavy atom. The molecule has 0 fully saturated rings. The summed E-state index contributed by atoms with van der Waals surface area (Å²) in [6.45, 7) is 9.34. The fourth-order valence-electron chi connectivity index (χ4n) is 3.46.